The van der Waals surface area contributed by atoms with E-state index in [-0.39, 0.29) is 17.4 Å². The van der Waals surface area contributed by atoms with Crippen molar-refractivity contribution in [1.82, 2.24) is 5.32 Å². The van der Waals surface area contributed by atoms with Crippen molar-refractivity contribution in [2.45, 2.75) is 51.8 Å². The van der Waals surface area contributed by atoms with E-state index in [1.807, 2.05) is 0 Å². The van der Waals surface area contributed by atoms with Crippen molar-refractivity contribution in [2.24, 2.45) is 17.1 Å². The zero-order valence-electron chi connectivity index (χ0n) is 10.3. The lowest BCUT2D eigenvalue weighted by Crippen LogP contribution is -2.70. The summed E-state index contributed by atoms with van der Waals surface area (Å²) in [5.74, 6) is 0.425. The van der Waals surface area contributed by atoms with Gasteiger partial charge in [0.1, 0.15) is 0 Å². The van der Waals surface area contributed by atoms with Gasteiger partial charge in [-0.2, -0.15) is 0 Å². The highest BCUT2D eigenvalue weighted by Crippen LogP contribution is 2.51. The fraction of sp³-hybridized carbons (Fsp3) is 0.917. The van der Waals surface area contributed by atoms with Gasteiger partial charge in [0, 0.05) is 24.0 Å². The Bertz CT molecular complexity index is 289. The van der Waals surface area contributed by atoms with E-state index in [4.69, 9.17) is 10.5 Å². The third-order valence-corrected chi connectivity index (χ3v) is 4.04. The minimum absolute atomic E-state index is 0.0373. The lowest BCUT2D eigenvalue weighted by Gasteiger charge is -2.60. The van der Waals surface area contributed by atoms with Gasteiger partial charge < -0.3 is 15.8 Å². The van der Waals surface area contributed by atoms with E-state index in [0.717, 1.165) is 19.4 Å². The molecule has 2 fully saturated rings. The number of carbonyl (C=O) groups is 1. The molecular formula is C12H22N2O2. The van der Waals surface area contributed by atoms with Crippen LogP contribution in [0.5, 0.6) is 0 Å². The first-order valence-corrected chi connectivity index (χ1v) is 6.12. The van der Waals surface area contributed by atoms with Crippen LogP contribution in [0.3, 0.4) is 0 Å². The SMILES string of the molecule is C[C@@H](N)C(=O)NC1C2CCCOC2C1(C)C. The van der Waals surface area contributed by atoms with Gasteiger partial charge in [-0.3, -0.25) is 4.79 Å². The second-order valence-corrected chi connectivity index (χ2v) is 5.69. The van der Waals surface area contributed by atoms with Crippen molar-refractivity contribution >= 4 is 5.91 Å². The van der Waals surface area contributed by atoms with Gasteiger partial charge in [-0.15, -0.1) is 0 Å². The Labute approximate surface area is 96.9 Å². The molecule has 4 atom stereocenters. The van der Waals surface area contributed by atoms with Gasteiger partial charge in [-0.25, -0.2) is 0 Å². The number of nitrogens with one attached hydrogen (secondary N) is 1. The maximum Gasteiger partial charge on any atom is 0.236 e. The Balaban J connectivity index is 2.01. The highest BCUT2D eigenvalue weighted by Gasteiger charge is 2.58. The first-order valence-electron chi connectivity index (χ1n) is 6.12. The third-order valence-electron chi connectivity index (χ3n) is 4.04. The fourth-order valence-corrected chi connectivity index (χ4v) is 3.10. The summed E-state index contributed by atoms with van der Waals surface area (Å²) in [5, 5.41) is 3.06. The molecule has 1 aliphatic heterocycles. The van der Waals surface area contributed by atoms with Crippen LogP contribution >= 0.6 is 0 Å². The van der Waals surface area contributed by atoms with Gasteiger partial charge in [0.05, 0.1) is 12.1 Å². The average molecular weight is 226 g/mol. The van der Waals surface area contributed by atoms with Crippen LogP contribution in [0, 0.1) is 11.3 Å². The molecule has 4 nitrogen and oxygen atoms in total. The molecular weight excluding hydrogens is 204 g/mol. The average Bonchev–Trinajstić information content (AvgIpc) is 2.25. The number of amides is 1. The molecule has 1 saturated heterocycles. The van der Waals surface area contributed by atoms with E-state index < -0.39 is 6.04 Å². The summed E-state index contributed by atoms with van der Waals surface area (Å²) in [7, 11) is 0. The molecule has 1 saturated carbocycles. The van der Waals surface area contributed by atoms with Crippen molar-refractivity contribution in [3.05, 3.63) is 0 Å². The van der Waals surface area contributed by atoms with Crippen LogP contribution in [0.1, 0.15) is 33.6 Å². The van der Waals surface area contributed by atoms with Gasteiger partial charge in [-0.1, -0.05) is 13.8 Å². The summed E-state index contributed by atoms with van der Waals surface area (Å²) in [6.07, 6.45) is 2.56. The lowest BCUT2D eigenvalue weighted by atomic mass is 9.55. The van der Waals surface area contributed by atoms with E-state index in [1.54, 1.807) is 6.92 Å². The van der Waals surface area contributed by atoms with Crippen LogP contribution < -0.4 is 11.1 Å². The Hall–Kier alpha value is -0.610. The zero-order valence-corrected chi connectivity index (χ0v) is 10.3. The second kappa shape index (κ2) is 4.00. The molecule has 0 aromatic heterocycles. The highest BCUT2D eigenvalue weighted by molar-refractivity contribution is 5.81. The summed E-state index contributed by atoms with van der Waals surface area (Å²) in [6, 6.07) is -0.212. The summed E-state index contributed by atoms with van der Waals surface area (Å²) >= 11 is 0. The Morgan fingerprint density at radius 3 is 2.88 bits per heavy atom. The van der Waals surface area contributed by atoms with Crippen molar-refractivity contribution in [1.29, 1.82) is 0 Å². The predicted molar refractivity (Wildman–Crippen MR) is 61.8 cm³/mol. The summed E-state index contributed by atoms with van der Waals surface area (Å²) in [5.41, 5.74) is 5.61. The number of fused-ring (bicyclic) bond motifs is 1. The van der Waals surface area contributed by atoms with Crippen LogP contribution in [-0.2, 0) is 9.53 Å². The number of hydrogen-bond acceptors (Lipinski definition) is 3. The molecule has 3 unspecified atom stereocenters. The van der Waals surface area contributed by atoms with Crippen molar-refractivity contribution in [3.8, 4) is 0 Å². The zero-order chi connectivity index (χ0) is 11.9. The van der Waals surface area contributed by atoms with Gasteiger partial charge in [0.15, 0.2) is 0 Å². The minimum Gasteiger partial charge on any atom is -0.377 e. The van der Waals surface area contributed by atoms with E-state index in [9.17, 15) is 4.79 Å². The first-order chi connectivity index (χ1) is 7.44. The molecule has 0 radical (unpaired) electrons. The highest BCUT2D eigenvalue weighted by atomic mass is 16.5. The monoisotopic (exact) mass is 226 g/mol. The van der Waals surface area contributed by atoms with E-state index in [0.29, 0.717) is 12.0 Å². The van der Waals surface area contributed by atoms with E-state index in [2.05, 4.69) is 19.2 Å². The third kappa shape index (κ3) is 1.74. The van der Waals surface area contributed by atoms with Crippen LogP contribution in [0.2, 0.25) is 0 Å². The predicted octanol–water partition coefficient (Wildman–Crippen LogP) is 0.653. The Kier molecular flexibility index (Phi) is 2.97. The number of hydrogen-bond donors (Lipinski definition) is 2. The first kappa shape index (κ1) is 11.9. The Morgan fingerprint density at radius 2 is 2.25 bits per heavy atom. The molecule has 2 rings (SSSR count). The molecule has 92 valence electrons. The molecule has 0 spiro atoms. The molecule has 1 aliphatic carbocycles. The van der Waals surface area contributed by atoms with Crippen LogP contribution in [0.25, 0.3) is 0 Å². The number of nitrogens with two attached hydrogens (primary N) is 1. The van der Waals surface area contributed by atoms with Crippen molar-refractivity contribution in [3.63, 3.8) is 0 Å². The molecule has 1 amide bonds. The van der Waals surface area contributed by atoms with Gasteiger partial charge in [-0.05, 0) is 19.8 Å². The summed E-state index contributed by atoms with van der Waals surface area (Å²) in [4.78, 5) is 11.6. The maximum atomic E-state index is 11.6. The van der Waals surface area contributed by atoms with E-state index in [1.165, 1.54) is 0 Å². The molecule has 0 aromatic rings. The maximum absolute atomic E-state index is 11.6. The summed E-state index contributed by atoms with van der Waals surface area (Å²) in [6.45, 7) is 6.89. The number of carbonyl (C=O) groups excluding carboxylic acids is 1. The van der Waals surface area contributed by atoms with Crippen LogP contribution in [0.4, 0.5) is 0 Å². The van der Waals surface area contributed by atoms with Crippen molar-refractivity contribution in [2.75, 3.05) is 6.61 Å². The van der Waals surface area contributed by atoms with Crippen LogP contribution in [0.15, 0.2) is 0 Å². The molecule has 2 aliphatic rings. The smallest absolute Gasteiger partial charge is 0.236 e. The molecule has 3 N–H and O–H groups in total. The topological polar surface area (TPSA) is 64.4 Å². The molecule has 1 heterocycles. The Morgan fingerprint density at radius 1 is 1.56 bits per heavy atom. The quantitative estimate of drug-likeness (QED) is 0.727. The van der Waals surface area contributed by atoms with Gasteiger partial charge >= 0.3 is 0 Å². The number of ether oxygens (including phenoxy) is 1. The van der Waals surface area contributed by atoms with Gasteiger partial charge in [0.25, 0.3) is 0 Å². The van der Waals surface area contributed by atoms with E-state index >= 15 is 0 Å². The molecule has 0 bridgehead atoms. The summed E-state index contributed by atoms with van der Waals surface area (Å²) < 4.78 is 5.78. The molecule has 0 aromatic carbocycles. The molecule has 4 heteroatoms. The van der Waals surface area contributed by atoms with Crippen LogP contribution in [-0.4, -0.2) is 30.7 Å². The lowest BCUT2D eigenvalue weighted by molar-refractivity contribution is -0.194. The largest absolute Gasteiger partial charge is 0.377 e. The van der Waals surface area contributed by atoms with Crippen molar-refractivity contribution < 1.29 is 9.53 Å². The normalized spacial score (nSPS) is 38.1. The number of rotatable bonds is 2. The molecule has 16 heavy (non-hydrogen) atoms. The standard InChI is InChI=1S/C12H22N2O2/c1-7(13)11(15)14-9-8-5-4-6-16-10(8)12(9,2)3/h7-10H,4-6,13H2,1-3H3,(H,14,15)/t7-,8?,9?,10?/m1/s1. The minimum atomic E-state index is -0.431. The van der Waals surface area contributed by atoms with Gasteiger partial charge in [0.2, 0.25) is 5.91 Å². The second-order valence-electron chi connectivity index (χ2n) is 5.69. The fourth-order valence-electron chi connectivity index (χ4n) is 3.10.